The van der Waals surface area contributed by atoms with E-state index in [1.807, 2.05) is 0 Å². The fourth-order valence-electron chi connectivity index (χ4n) is 1.45. The van der Waals surface area contributed by atoms with Crippen LogP contribution in [0.5, 0.6) is 0 Å². The second kappa shape index (κ2) is 5.57. The van der Waals surface area contributed by atoms with E-state index in [-0.39, 0.29) is 5.91 Å². The van der Waals surface area contributed by atoms with E-state index < -0.39 is 6.10 Å². The number of rotatable bonds is 4. The highest BCUT2D eigenvalue weighted by Gasteiger charge is 2.21. The number of nitrogens with zero attached hydrogens (tertiary/aromatic N) is 2. The molecule has 1 unspecified atom stereocenters. The minimum atomic E-state index is -0.392. The molecule has 1 amide bonds. The van der Waals surface area contributed by atoms with E-state index in [9.17, 15) is 4.79 Å². The van der Waals surface area contributed by atoms with Crippen LogP contribution in [0.15, 0.2) is 10.9 Å². The fraction of sp³-hybridized carbons (Fsp3) is 0.667. The number of ether oxygens (including phenoxy) is 1. The molecule has 1 saturated heterocycles. The molecule has 0 bridgehead atoms. The third kappa shape index (κ3) is 3.01. The number of hydrogen-bond acceptors (Lipinski definition) is 6. The lowest BCUT2D eigenvalue weighted by atomic mass is 10.3. The van der Waals surface area contributed by atoms with Crippen LogP contribution in [-0.2, 0) is 16.0 Å². The van der Waals surface area contributed by atoms with E-state index in [1.54, 1.807) is 0 Å². The Morgan fingerprint density at radius 2 is 2.62 bits per heavy atom. The zero-order valence-electron chi connectivity index (χ0n) is 8.81. The molecular formula is C9H14N4O3. The second-order valence-corrected chi connectivity index (χ2v) is 3.44. The molecular weight excluding hydrogens is 212 g/mol. The maximum atomic E-state index is 11.6. The van der Waals surface area contributed by atoms with Gasteiger partial charge >= 0.3 is 0 Å². The molecule has 1 atom stereocenters. The van der Waals surface area contributed by atoms with Crippen LogP contribution < -0.4 is 10.6 Å². The lowest BCUT2D eigenvalue weighted by molar-refractivity contribution is -0.134. The molecule has 0 radical (unpaired) electrons. The van der Waals surface area contributed by atoms with Crippen molar-refractivity contribution >= 4 is 5.91 Å². The van der Waals surface area contributed by atoms with E-state index in [4.69, 9.17) is 9.26 Å². The van der Waals surface area contributed by atoms with Gasteiger partial charge in [-0.15, -0.1) is 0 Å². The molecule has 1 aromatic rings. The molecule has 1 aliphatic rings. The number of morpholine rings is 1. The Labute approximate surface area is 92.5 Å². The average Bonchev–Trinajstić information content (AvgIpc) is 2.83. The molecule has 2 rings (SSSR count). The van der Waals surface area contributed by atoms with Crippen molar-refractivity contribution in [2.75, 3.05) is 26.2 Å². The lowest BCUT2D eigenvalue weighted by Crippen LogP contribution is -2.48. The first-order chi connectivity index (χ1) is 7.86. The van der Waals surface area contributed by atoms with Crippen molar-refractivity contribution in [1.29, 1.82) is 0 Å². The predicted molar refractivity (Wildman–Crippen MR) is 53.6 cm³/mol. The Bertz CT molecular complexity index is 322. The van der Waals surface area contributed by atoms with Crippen molar-refractivity contribution in [3.63, 3.8) is 0 Å². The van der Waals surface area contributed by atoms with Crippen LogP contribution in [-0.4, -0.2) is 48.4 Å². The summed E-state index contributed by atoms with van der Waals surface area (Å²) in [7, 11) is 0. The van der Waals surface area contributed by atoms with Gasteiger partial charge in [0.05, 0.1) is 6.61 Å². The second-order valence-electron chi connectivity index (χ2n) is 3.44. The van der Waals surface area contributed by atoms with Crippen molar-refractivity contribution in [1.82, 2.24) is 20.8 Å². The summed E-state index contributed by atoms with van der Waals surface area (Å²) in [6, 6.07) is 0. The Morgan fingerprint density at radius 3 is 3.31 bits per heavy atom. The summed E-state index contributed by atoms with van der Waals surface area (Å²) in [6.45, 7) is 2.40. The van der Waals surface area contributed by atoms with Crippen LogP contribution in [0, 0.1) is 0 Å². The van der Waals surface area contributed by atoms with Crippen LogP contribution in [0.25, 0.3) is 0 Å². The van der Waals surface area contributed by atoms with Gasteiger partial charge in [-0.1, -0.05) is 5.16 Å². The normalized spacial score (nSPS) is 20.6. The van der Waals surface area contributed by atoms with Crippen LogP contribution >= 0.6 is 0 Å². The molecule has 2 heterocycles. The molecule has 1 fully saturated rings. The van der Waals surface area contributed by atoms with Gasteiger partial charge in [0, 0.05) is 26.1 Å². The van der Waals surface area contributed by atoms with Gasteiger partial charge in [0.1, 0.15) is 6.10 Å². The van der Waals surface area contributed by atoms with Gasteiger partial charge in [-0.3, -0.25) is 4.79 Å². The van der Waals surface area contributed by atoms with Crippen LogP contribution in [0.1, 0.15) is 5.89 Å². The molecule has 7 heteroatoms. The summed E-state index contributed by atoms with van der Waals surface area (Å²) in [4.78, 5) is 15.4. The lowest BCUT2D eigenvalue weighted by Gasteiger charge is -2.22. The molecule has 0 aromatic carbocycles. The molecule has 0 aliphatic carbocycles. The highest BCUT2D eigenvalue weighted by atomic mass is 16.5. The molecule has 1 aliphatic heterocycles. The van der Waals surface area contributed by atoms with Gasteiger partial charge in [0.2, 0.25) is 11.8 Å². The molecule has 88 valence electrons. The maximum Gasteiger partial charge on any atom is 0.250 e. The van der Waals surface area contributed by atoms with Crippen molar-refractivity contribution in [3.05, 3.63) is 12.2 Å². The van der Waals surface area contributed by atoms with Gasteiger partial charge in [0.25, 0.3) is 0 Å². The summed E-state index contributed by atoms with van der Waals surface area (Å²) in [6.07, 6.45) is 1.48. The topological polar surface area (TPSA) is 89.3 Å². The summed E-state index contributed by atoms with van der Waals surface area (Å²) in [5, 5.41) is 9.33. The smallest absolute Gasteiger partial charge is 0.250 e. The first-order valence-corrected chi connectivity index (χ1v) is 5.22. The van der Waals surface area contributed by atoms with E-state index in [1.165, 1.54) is 6.33 Å². The Balaban J connectivity index is 1.67. The summed E-state index contributed by atoms with van der Waals surface area (Å²) in [5.41, 5.74) is 0. The number of hydrogen-bond donors (Lipinski definition) is 2. The number of nitrogens with one attached hydrogen (secondary N) is 2. The molecule has 0 saturated carbocycles. The Hall–Kier alpha value is -1.47. The first kappa shape index (κ1) is 11.0. The maximum absolute atomic E-state index is 11.6. The Morgan fingerprint density at radius 1 is 1.69 bits per heavy atom. The standard InChI is InChI=1S/C9H14N4O3/c14-9(7-5-10-3-4-15-7)11-2-1-8-12-6-13-16-8/h6-7,10H,1-5H2,(H,11,14). The fourth-order valence-corrected chi connectivity index (χ4v) is 1.45. The van der Waals surface area contributed by atoms with Gasteiger partial charge in [-0.2, -0.15) is 4.98 Å². The van der Waals surface area contributed by atoms with Crippen LogP contribution in [0.4, 0.5) is 0 Å². The Kier molecular flexibility index (Phi) is 3.84. The molecule has 0 spiro atoms. The van der Waals surface area contributed by atoms with E-state index >= 15 is 0 Å². The highest BCUT2D eigenvalue weighted by Crippen LogP contribution is 1.96. The van der Waals surface area contributed by atoms with Crippen LogP contribution in [0.2, 0.25) is 0 Å². The molecule has 1 aromatic heterocycles. The number of carbonyl (C=O) groups is 1. The number of aromatic nitrogens is 2. The van der Waals surface area contributed by atoms with Gasteiger partial charge in [-0.25, -0.2) is 0 Å². The molecule has 7 nitrogen and oxygen atoms in total. The van der Waals surface area contributed by atoms with Crippen molar-refractivity contribution in [2.45, 2.75) is 12.5 Å². The van der Waals surface area contributed by atoms with Crippen molar-refractivity contribution in [2.24, 2.45) is 0 Å². The largest absolute Gasteiger partial charge is 0.366 e. The SMILES string of the molecule is O=C(NCCc1ncno1)C1CNCCO1. The van der Waals surface area contributed by atoms with Crippen molar-refractivity contribution in [3.8, 4) is 0 Å². The van der Waals surface area contributed by atoms with E-state index in [2.05, 4.69) is 20.8 Å². The quantitative estimate of drug-likeness (QED) is 0.664. The average molecular weight is 226 g/mol. The third-order valence-corrected chi connectivity index (χ3v) is 2.27. The van der Waals surface area contributed by atoms with Crippen LogP contribution in [0.3, 0.4) is 0 Å². The zero-order valence-corrected chi connectivity index (χ0v) is 8.81. The van der Waals surface area contributed by atoms with E-state index in [0.29, 0.717) is 32.0 Å². The van der Waals surface area contributed by atoms with Crippen molar-refractivity contribution < 1.29 is 14.1 Å². The number of amides is 1. The monoisotopic (exact) mass is 226 g/mol. The first-order valence-electron chi connectivity index (χ1n) is 5.22. The van der Waals surface area contributed by atoms with Gasteiger partial charge < -0.3 is 19.9 Å². The zero-order chi connectivity index (χ0) is 11.2. The van der Waals surface area contributed by atoms with E-state index in [0.717, 1.165) is 6.54 Å². The van der Waals surface area contributed by atoms with Gasteiger partial charge in [-0.05, 0) is 0 Å². The summed E-state index contributed by atoms with van der Waals surface area (Å²) < 4.78 is 10.1. The summed E-state index contributed by atoms with van der Waals surface area (Å²) >= 11 is 0. The van der Waals surface area contributed by atoms with Gasteiger partial charge in [0.15, 0.2) is 6.33 Å². The highest BCUT2D eigenvalue weighted by molar-refractivity contribution is 5.81. The third-order valence-electron chi connectivity index (χ3n) is 2.27. The predicted octanol–water partition coefficient (Wildman–Crippen LogP) is -1.28. The number of carbonyl (C=O) groups excluding carboxylic acids is 1. The summed E-state index contributed by atoms with van der Waals surface area (Å²) in [5.74, 6) is 0.412. The molecule has 16 heavy (non-hydrogen) atoms. The molecule has 2 N–H and O–H groups in total. The minimum Gasteiger partial charge on any atom is -0.366 e. The minimum absolute atomic E-state index is 0.105.